The summed E-state index contributed by atoms with van der Waals surface area (Å²) >= 11 is 1.76. The molecule has 0 aliphatic carbocycles. The Morgan fingerprint density at radius 1 is 1.27 bits per heavy atom. The number of hydrogen-bond acceptors (Lipinski definition) is 3. The molecule has 1 aromatic heterocycles. The van der Waals surface area contributed by atoms with Crippen molar-refractivity contribution in [1.29, 1.82) is 0 Å². The Balaban J connectivity index is 0.00000243. The van der Waals surface area contributed by atoms with Crippen LogP contribution in [0.25, 0.3) is 0 Å². The maximum Gasteiger partial charge on any atom is 0.246 e. The van der Waals surface area contributed by atoms with Gasteiger partial charge in [-0.2, -0.15) is 0 Å². The number of carbonyl (C=O) groups excluding carboxylic acids is 1. The molecule has 26 heavy (non-hydrogen) atoms. The molecule has 3 rings (SSSR count). The van der Waals surface area contributed by atoms with Gasteiger partial charge in [0.2, 0.25) is 5.91 Å². The van der Waals surface area contributed by atoms with Crippen LogP contribution in [0.1, 0.15) is 23.3 Å². The molecule has 1 aliphatic heterocycles. The predicted molar refractivity (Wildman–Crippen MR) is 120 cm³/mol. The van der Waals surface area contributed by atoms with Crippen LogP contribution in [0.5, 0.6) is 0 Å². The number of aliphatic imine (C=N–C) groups is 1. The van der Waals surface area contributed by atoms with E-state index in [1.54, 1.807) is 18.4 Å². The number of halogens is 1. The fourth-order valence-electron chi connectivity index (χ4n) is 2.99. The standard InChI is InChI=1S/C19H24N4OS.HI/c1-14(17-8-5-11-25-17)12-21-19(20-2)22-13-18(24)23-10-9-15-6-3-4-7-16(15)23;/h3-8,11,14H,9-10,12-13H2,1-2H3,(H2,20,21,22);1H. The van der Waals surface area contributed by atoms with Crippen LogP contribution >= 0.6 is 35.3 Å². The van der Waals surface area contributed by atoms with E-state index in [1.165, 1.54) is 10.4 Å². The second-order valence-electron chi connectivity index (χ2n) is 6.15. The van der Waals surface area contributed by atoms with Crippen molar-refractivity contribution in [2.24, 2.45) is 4.99 Å². The number of anilines is 1. The quantitative estimate of drug-likeness (QED) is 0.390. The molecule has 2 N–H and O–H groups in total. The Morgan fingerprint density at radius 3 is 2.81 bits per heavy atom. The van der Waals surface area contributed by atoms with Gasteiger partial charge in [0.25, 0.3) is 0 Å². The van der Waals surface area contributed by atoms with Gasteiger partial charge in [0.05, 0.1) is 6.54 Å². The zero-order chi connectivity index (χ0) is 17.6. The van der Waals surface area contributed by atoms with E-state index in [0.717, 1.165) is 25.2 Å². The number of para-hydroxylation sites is 1. The summed E-state index contributed by atoms with van der Waals surface area (Å²) in [5.41, 5.74) is 2.27. The molecule has 0 spiro atoms. The fourth-order valence-corrected chi connectivity index (χ4v) is 3.78. The van der Waals surface area contributed by atoms with Crippen LogP contribution in [-0.2, 0) is 11.2 Å². The van der Waals surface area contributed by atoms with Crippen LogP contribution in [0, 0.1) is 0 Å². The van der Waals surface area contributed by atoms with Crippen LogP contribution in [0.2, 0.25) is 0 Å². The van der Waals surface area contributed by atoms with Crippen LogP contribution < -0.4 is 15.5 Å². The van der Waals surface area contributed by atoms with Crippen LogP contribution in [0.4, 0.5) is 5.69 Å². The first-order valence-electron chi connectivity index (χ1n) is 8.55. The molecule has 0 bridgehead atoms. The van der Waals surface area contributed by atoms with E-state index in [1.807, 2.05) is 23.1 Å². The largest absolute Gasteiger partial charge is 0.356 e. The fraction of sp³-hybridized carbons (Fsp3) is 0.368. The number of carbonyl (C=O) groups is 1. The van der Waals surface area contributed by atoms with Crippen molar-refractivity contribution in [2.75, 3.05) is 31.6 Å². The SMILES string of the molecule is CN=C(NCC(=O)N1CCc2ccccc21)NCC(C)c1cccs1.I. The number of rotatable bonds is 5. The molecule has 7 heteroatoms. The lowest BCUT2D eigenvalue weighted by Crippen LogP contribution is -2.45. The Kier molecular flexibility index (Phi) is 7.89. The summed E-state index contributed by atoms with van der Waals surface area (Å²) < 4.78 is 0. The van der Waals surface area contributed by atoms with E-state index in [2.05, 4.69) is 46.1 Å². The molecule has 1 amide bonds. The Bertz CT molecular complexity index is 748. The lowest BCUT2D eigenvalue weighted by Gasteiger charge is -2.19. The molecule has 140 valence electrons. The van der Waals surface area contributed by atoms with Gasteiger partial charge in [0.15, 0.2) is 5.96 Å². The minimum atomic E-state index is 0. The van der Waals surface area contributed by atoms with Gasteiger partial charge in [-0.3, -0.25) is 9.79 Å². The van der Waals surface area contributed by atoms with Crippen molar-refractivity contribution >= 4 is 52.9 Å². The van der Waals surface area contributed by atoms with Crippen LogP contribution in [0.15, 0.2) is 46.8 Å². The number of nitrogens with one attached hydrogen (secondary N) is 2. The number of thiophene rings is 1. The van der Waals surface area contributed by atoms with Gasteiger partial charge >= 0.3 is 0 Å². The molecule has 2 aromatic rings. The van der Waals surface area contributed by atoms with E-state index in [4.69, 9.17) is 0 Å². The summed E-state index contributed by atoms with van der Waals surface area (Å²) in [6.07, 6.45) is 0.924. The number of fused-ring (bicyclic) bond motifs is 1. The lowest BCUT2D eigenvalue weighted by atomic mass is 10.1. The van der Waals surface area contributed by atoms with E-state index < -0.39 is 0 Å². The average Bonchev–Trinajstić information content (AvgIpc) is 3.31. The number of amides is 1. The molecule has 2 heterocycles. The summed E-state index contributed by atoms with van der Waals surface area (Å²) in [7, 11) is 1.72. The molecule has 0 radical (unpaired) electrons. The second-order valence-corrected chi connectivity index (χ2v) is 7.13. The monoisotopic (exact) mass is 484 g/mol. The third kappa shape index (κ3) is 4.97. The van der Waals surface area contributed by atoms with Gasteiger partial charge in [0, 0.05) is 36.6 Å². The number of guanidine groups is 1. The van der Waals surface area contributed by atoms with Crippen molar-refractivity contribution in [3.8, 4) is 0 Å². The molecule has 1 atom stereocenters. The van der Waals surface area contributed by atoms with E-state index in [9.17, 15) is 4.79 Å². The zero-order valence-corrected chi connectivity index (χ0v) is 18.2. The molecule has 1 aliphatic rings. The highest BCUT2D eigenvalue weighted by Gasteiger charge is 2.23. The maximum absolute atomic E-state index is 12.5. The van der Waals surface area contributed by atoms with Gasteiger partial charge in [-0.15, -0.1) is 35.3 Å². The molecule has 0 saturated heterocycles. The highest BCUT2D eigenvalue weighted by molar-refractivity contribution is 14.0. The molecule has 1 unspecified atom stereocenters. The first-order chi connectivity index (χ1) is 12.2. The normalized spacial score (nSPS) is 14.4. The molecule has 5 nitrogen and oxygen atoms in total. The number of nitrogens with zero attached hydrogens (tertiary/aromatic N) is 2. The lowest BCUT2D eigenvalue weighted by molar-refractivity contribution is -0.117. The van der Waals surface area contributed by atoms with Crippen molar-refractivity contribution in [3.05, 3.63) is 52.2 Å². The second kappa shape index (κ2) is 9.91. The highest BCUT2D eigenvalue weighted by atomic mass is 127. The van der Waals surface area contributed by atoms with Gasteiger partial charge < -0.3 is 15.5 Å². The summed E-state index contributed by atoms with van der Waals surface area (Å²) in [6, 6.07) is 12.3. The zero-order valence-electron chi connectivity index (χ0n) is 15.1. The van der Waals surface area contributed by atoms with Gasteiger partial charge in [-0.05, 0) is 29.5 Å². The van der Waals surface area contributed by atoms with Gasteiger partial charge in [0.1, 0.15) is 0 Å². The summed E-state index contributed by atoms with van der Waals surface area (Å²) in [5.74, 6) is 1.13. The summed E-state index contributed by atoms with van der Waals surface area (Å²) in [6.45, 7) is 3.95. The Morgan fingerprint density at radius 2 is 2.08 bits per heavy atom. The van der Waals surface area contributed by atoms with E-state index in [-0.39, 0.29) is 36.4 Å². The smallest absolute Gasteiger partial charge is 0.246 e. The molecule has 0 saturated carbocycles. The Hall–Kier alpha value is -1.61. The molecule has 1 aromatic carbocycles. The summed E-state index contributed by atoms with van der Waals surface area (Å²) in [4.78, 5) is 19.9. The topological polar surface area (TPSA) is 56.7 Å². The summed E-state index contributed by atoms with van der Waals surface area (Å²) in [5, 5.41) is 8.51. The maximum atomic E-state index is 12.5. The Labute approximate surface area is 175 Å². The number of benzene rings is 1. The van der Waals surface area contributed by atoms with Crippen molar-refractivity contribution in [2.45, 2.75) is 19.3 Å². The van der Waals surface area contributed by atoms with Gasteiger partial charge in [-0.25, -0.2) is 0 Å². The average molecular weight is 484 g/mol. The minimum Gasteiger partial charge on any atom is -0.356 e. The molecular weight excluding hydrogens is 459 g/mol. The molecule has 0 fully saturated rings. The van der Waals surface area contributed by atoms with Gasteiger partial charge in [-0.1, -0.05) is 31.2 Å². The van der Waals surface area contributed by atoms with Crippen molar-refractivity contribution in [1.82, 2.24) is 10.6 Å². The first-order valence-corrected chi connectivity index (χ1v) is 9.43. The predicted octanol–water partition coefficient (Wildman–Crippen LogP) is 3.22. The number of hydrogen-bond donors (Lipinski definition) is 2. The molecular formula is C19H25IN4OS. The van der Waals surface area contributed by atoms with Crippen LogP contribution in [0.3, 0.4) is 0 Å². The third-order valence-corrected chi connectivity index (χ3v) is 5.53. The van der Waals surface area contributed by atoms with E-state index >= 15 is 0 Å². The third-order valence-electron chi connectivity index (χ3n) is 4.42. The van der Waals surface area contributed by atoms with E-state index in [0.29, 0.717) is 11.9 Å². The first kappa shape index (κ1) is 20.7. The highest BCUT2D eigenvalue weighted by Crippen LogP contribution is 2.27. The minimum absolute atomic E-state index is 0. The van der Waals surface area contributed by atoms with Crippen LogP contribution in [-0.4, -0.2) is 38.5 Å². The van der Waals surface area contributed by atoms with Crippen molar-refractivity contribution < 1.29 is 4.79 Å². The van der Waals surface area contributed by atoms with Crippen molar-refractivity contribution in [3.63, 3.8) is 0 Å².